The average Bonchev–Trinajstić information content (AvgIpc) is 2.53. The van der Waals surface area contributed by atoms with E-state index < -0.39 is 29.8 Å². The van der Waals surface area contributed by atoms with E-state index in [9.17, 15) is 19.5 Å². The maximum Gasteiger partial charge on any atom is 0.408 e. The number of carboxylic acid groups (broad SMARTS) is 1. The highest BCUT2D eigenvalue weighted by molar-refractivity contribution is 5.83. The lowest BCUT2D eigenvalue weighted by Crippen LogP contribution is -2.50. The van der Waals surface area contributed by atoms with E-state index in [4.69, 9.17) is 9.84 Å². The second-order valence-electron chi connectivity index (χ2n) is 5.69. The van der Waals surface area contributed by atoms with Crippen LogP contribution in [0.3, 0.4) is 0 Å². The van der Waals surface area contributed by atoms with E-state index in [0.29, 0.717) is 0 Å². The number of aliphatic carboxylic acids is 1. The molecular weight excluding hydrogens is 268 g/mol. The van der Waals surface area contributed by atoms with E-state index in [1.807, 2.05) is 0 Å². The summed E-state index contributed by atoms with van der Waals surface area (Å²) in [7, 11) is 0. The molecule has 20 heavy (non-hydrogen) atoms. The van der Waals surface area contributed by atoms with Crippen LogP contribution in [0.4, 0.5) is 4.79 Å². The van der Waals surface area contributed by atoms with Gasteiger partial charge in [0.05, 0.1) is 19.1 Å². The number of amides is 2. The number of likely N-dealkylation sites (tertiary alicyclic amines) is 1. The summed E-state index contributed by atoms with van der Waals surface area (Å²) >= 11 is 0. The number of nitrogens with zero attached hydrogens (tertiary/aromatic N) is 1. The van der Waals surface area contributed by atoms with Crippen molar-refractivity contribution in [3.63, 3.8) is 0 Å². The van der Waals surface area contributed by atoms with Crippen molar-refractivity contribution in [2.75, 3.05) is 13.1 Å². The summed E-state index contributed by atoms with van der Waals surface area (Å²) in [5.41, 5.74) is -0.743. The molecule has 0 aromatic carbocycles. The first-order valence-corrected chi connectivity index (χ1v) is 6.26. The maximum atomic E-state index is 11.5. The molecule has 1 aliphatic heterocycles. The quantitative estimate of drug-likeness (QED) is 0.645. The van der Waals surface area contributed by atoms with Crippen molar-refractivity contribution in [1.82, 2.24) is 10.2 Å². The van der Waals surface area contributed by atoms with Crippen LogP contribution in [-0.2, 0) is 14.3 Å². The number of β-amino-alcohol motifs (C(OH)–C–C–N with tert-alkyl or cyclic N) is 1. The molecule has 1 rings (SSSR count). The van der Waals surface area contributed by atoms with Gasteiger partial charge in [-0.3, -0.25) is 4.79 Å². The molecule has 1 unspecified atom stereocenters. The molecule has 1 fully saturated rings. The zero-order valence-corrected chi connectivity index (χ0v) is 11.8. The predicted molar refractivity (Wildman–Crippen MR) is 68.0 cm³/mol. The van der Waals surface area contributed by atoms with E-state index in [1.165, 1.54) is 4.90 Å². The number of rotatable bonds is 4. The van der Waals surface area contributed by atoms with Crippen molar-refractivity contribution < 1.29 is 29.3 Å². The lowest BCUT2D eigenvalue weighted by Gasteiger charge is -2.24. The standard InChI is InChI=1S/C12H20N2O6/c1-12(2,3)20-11(19)13-8(10(17)18)6-14-5-7(15)4-9(14)16/h7-8,15H,4-6H2,1-3H3,(H,13,19)(H,17,18)/t7?,8-/m0/s1. The molecule has 0 aliphatic carbocycles. The summed E-state index contributed by atoms with van der Waals surface area (Å²) in [6.45, 7) is 4.83. The van der Waals surface area contributed by atoms with Gasteiger partial charge in [-0.25, -0.2) is 9.59 Å². The van der Waals surface area contributed by atoms with Gasteiger partial charge in [-0.05, 0) is 20.8 Å². The topological polar surface area (TPSA) is 116 Å². The molecule has 2 amide bonds. The largest absolute Gasteiger partial charge is 0.480 e. The third-order valence-electron chi connectivity index (χ3n) is 2.59. The highest BCUT2D eigenvalue weighted by atomic mass is 16.6. The number of nitrogens with one attached hydrogen (secondary N) is 1. The molecule has 8 heteroatoms. The zero-order chi connectivity index (χ0) is 15.5. The predicted octanol–water partition coefficient (Wildman–Crippen LogP) is -0.442. The zero-order valence-electron chi connectivity index (χ0n) is 11.8. The first-order valence-electron chi connectivity index (χ1n) is 6.26. The molecule has 0 bridgehead atoms. The summed E-state index contributed by atoms with van der Waals surface area (Å²) in [5, 5.41) is 20.6. The Morgan fingerprint density at radius 2 is 2.10 bits per heavy atom. The third-order valence-corrected chi connectivity index (χ3v) is 2.59. The van der Waals surface area contributed by atoms with Crippen LogP contribution in [0, 0.1) is 0 Å². The molecule has 2 atom stereocenters. The van der Waals surface area contributed by atoms with E-state index in [2.05, 4.69) is 5.32 Å². The Kier molecular flexibility index (Phi) is 4.93. The summed E-state index contributed by atoms with van der Waals surface area (Å²) in [5.74, 6) is -1.61. The normalized spacial score (nSPS) is 20.7. The Morgan fingerprint density at radius 1 is 1.50 bits per heavy atom. The number of aliphatic hydroxyl groups is 1. The van der Waals surface area contributed by atoms with Gasteiger partial charge in [-0.1, -0.05) is 0 Å². The highest BCUT2D eigenvalue weighted by Gasteiger charge is 2.33. The van der Waals surface area contributed by atoms with Gasteiger partial charge in [0.15, 0.2) is 0 Å². The minimum atomic E-state index is -1.28. The van der Waals surface area contributed by atoms with Crippen LogP contribution in [0.5, 0.6) is 0 Å². The number of alkyl carbamates (subject to hydrolysis) is 1. The minimum absolute atomic E-state index is 0.0290. The van der Waals surface area contributed by atoms with Gasteiger partial charge >= 0.3 is 12.1 Å². The van der Waals surface area contributed by atoms with Gasteiger partial charge in [0, 0.05) is 6.54 Å². The molecule has 114 valence electrons. The van der Waals surface area contributed by atoms with Gasteiger partial charge in [0.25, 0.3) is 0 Å². The van der Waals surface area contributed by atoms with Crippen molar-refractivity contribution >= 4 is 18.0 Å². The number of hydrogen-bond acceptors (Lipinski definition) is 5. The molecule has 0 radical (unpaired) electrons. The molecule has 1 aliphatic rings. The van der Waals surface area contributed by atoms with Crippen molar-refractivity contribution in [3.8, 4) is 0 Å². The number of carbonyl (C=O) groups excluding carboxylic acids is 2. The SMILES string of the molecule is CC(C)(C)OC(=O)N[C@@H](CN1CC(O)CC1=O)C(=O)O. The molecule has 0 aromatic rings. The van der Waals surface area contributed by atoms with Crippen LogP contribution in [-0.4, -0.2) is 63.9 Å². The van der Waals surface area contributed by atoms with Crippen LogP contribution in [0.2, 0.25) is 0 Å². The Morgan fingerprint density at radius 3 is 2.50 bits per heavy atom. The Hall–Kier alpha value is -1.83. The smallest absolute Gasteiger partial charge is 0.408 e. The number of carboxylic acids is 1. The average molecular weight is 288 g/mol. The molecular formula is C12H20N2O6. The van der Waals surface area contributed by atoms with Crippen molar-refractivity contribution in [2.45, 2.75) is 44.9 Å². The first-order chi connectivity index (χ1) is 9.08. The monoisotopic (exact) mass is 288 g/mol. The molecule has 0 spiro atoms. The van der Waals surface area contributed by atoms with Crippen molar-refractivity contribution in [3.05, 3.63) is 0 Å². The van der Waals surface area contributed by atoms with E-state index in [-0.39, 0.29) is 25.4 Å². The third kappa shape index (κ3) is 5.04. The summed E-state index contributed by atoms with van der Waals surface area (Å²) in [6.07, 6.45) is -1.69. The Balaban J connectivity index is 2.59. The number of hydrogen-bond donors (Lipinski definition) is 3. The summed E-state index contributed by atoms with van der Waals surface area (Å²) in [6, 6.07) is -1.28. The summed E-state index contributed by atoms with van der Waals surface area (Å²) < 4.78 is 4.96. The fourth-order valence-corrected chi connectivity index (χ4v) is 1.78. The molecule has 8 nitrogen and oxygen atoms in total. The first kappa shape index (κ1) is 16.2. The molecule has 0 aromatic heterocycles. The Bertz CT molecular complexity index is 403. The van der Waals surface area contributed by atoms with Crippen LogP contribution in [0.25, 0.3) is 0 Å². The molecule has 1 heterocycles. The number of aliphatic hydroxyl groups excluding tert-OH is 1. The number of carbonyl (C=O) groups is 3. The molecule has 1 saturated heterocycles. The maximum absolute atomic E-state index is 11.5. The van der Waals surface area contributed by atoms with E-state index >= 15 is 0 Å². The lowest BCUT2D eigenvalue weighted by molar-refractivity contribution is -0.140. The van der Waals surface area contributed by atoms with Crippen LogP contribution in [0.1, 0.15) is 27.2 Å². The van der Waals surface area contributed by atoms with Gasteiger partial charge in [0.2, 0.25) is 5.91 Å². The second-order valence-corrected chi connectivity index (χ2v) is 5.69. The fourth-order valence-electron chi connectivity index (χ4n) is 1.78. The molecule has 0 saturated carbocycles. The van der Waals surface area contributed by atoms with Crippen LogP contribution in [0.15, 0.2) is 0 Å². The van der Waals surface area contributed by atoms with Crippen molar-refractivity contribution in [1.29, 1.82) is 0 Å². The van der Waals surface area contributed by atoms with E-state index in [1.54, 1.807) is 20.8 Å². The fraction of sp³-hybridized carbons (Fsp3) is 0.750. The van der Waals surface area contributed by atoms with E-state index in [0.717, 1.165) is 0 Å². The Labute approximate surface area is 116 Å². The summed E-state index contributed by atoms with van der Waals surface area (Å²) in [4.78, 5) is 35.3. The van der Waals surface area contributed by atoms with Gasteiger partial charge in [0.1, 0.15) is 11.6 Å². The molecule has 3 N–H and O–H groups in total. The second kappa shape index (κ2) is 6.08. The van der Waals surface area contributed by atoms with Gasteiger partial charge in [-0.15, -0.1) is 0 Å². The van der Waals surface area contributed by atoms with Gasteiger partial charge < -0.3 is 25.2 Å². The van der Waals surface area contributed by atoms with Gasteiger partial charge in [-0.2, -0.15) is 0 Å². The minimum Gasteiger partial charge on any atom is -0.480 e. The van der Waals surface area contributed by atoms with Crippen LogP contribution < -0.4 is 5.32 Å². The van der Waals surface area contributed by atoms with Crippen molar-refractivity contribution in [2.24, 2.45) is 0 Å². The highest BCUT2D eigenvalue weighted by Crippen LogP contribution is 2.12. The van der Waals surface area contributed by atoms with Crippen LogP contribution >= 0.6 is 0 Å². The number of ether oxygens (including phenoxy) is 1. The lowest BCUT2D eigenvalue weighted by atomic mass is 10.2.